The predicted octanol–water partition coefficient (Wildman–Crippen LogP) is 5.02. The average molecular weight is 442 g/mol. The molecule has 158 valence electrons. The fourth-order valence-electron chi connectivity index (χ4n) is 4.28. The number of sulfone groups is 1. The van der Waals surface area contributed by atoms with Crippen molar-refractivity contribution in [2.45, 2.75) is 6.23 Å². The molecular weight excluding hydrogens is 422 g/mol. The van der Waals surface area contributed by atoms with E-state index in [0.717, 1.165) is 32.7 Å². The Morgan fingerprint density at radius 2 is 1.59 bits per heavy atom. The van der Waals surface area contributed by atoms with Gasteiger partial charge in [0.05, 0.1) is 16.6 Å². The summed E-state index contributed by atoms with van der Waals surface area (Å²) in [6, 6.07) is 25.5. The topological polar surface area (TPSA) is 73.2 Å². The fraction of sp³-hybridized carbons (Fsp3) is 0.0800. The van der Waals surface area contributed by atoms with Gasteiger partial charge in [0.15, 0.2) is 21.4 Å². The molecule has 0 amide bonds. The highest BCUT2D eigenvalue weighted by atomic mass is 32.2. The molecule has 0 spiro atoms. The molecule has 1 unspecified atom stereocenters. The zero-order chi connectivity index (χ0) is 21.9. The quantitative estimate of drug-likeness (QED) is 0.426. The van der Waals surface area contributed by atoms with Gasteiger partial charge in [-0.15, -0.1) is 0 Å². The highest BCUT2D eigenvalue weighted by Gasteiger charge is 2.32. The van der Waals surface area contributed by atoms with E-state index in [-0.39, 0.29) is 4.91 Å². The van der Waals surface area contributed by atoms with E-state index in [0.29, 0.717) is 11.6 Å². The number of hydrogen-bond acceptors (Lipinski definition) is 5. The molecular formula is C25H19N3O3S. The normalized spacial score (nSPS) is 16.3. The van der Waals surface area contributed by atoms with Crippen LogP contribution in [-0.4, -0.2) is 30.5 Å². The molecule has 0 radical (unpaired) electrons. The maximum Gasteiger partial charge on any atom is 0.210 e. The van der Waals surface area contributed by atoms with Crippen molar-refractivity contribution in [2.24, 2.45) is 0 Å². The monoisotopic (exact) mass is 441 g/mol. The number of aromatic nitrogens is 2. The SMILES string of the molecule is CS(=O)(=O)C(=Cn1c2ccccc2c2ccccc21)C1Nc2nc3ccccc3cc2O1. The van der Waals surface area contributed by atoms with E-state index in [4.69, 9.17) is 4.74 Å². The minimum Gasteiger partial charge on any atom is -0.462 e. The summed E-state index contributed by atoms with van der Waals surface area (Å²) in [7, 11) is -3.60. The minimum atomic E-state index is -3.60. The van der Waals surface area contributed by atoms with Gasteiger partial charge in [0.1, 0.15) is 4.91 Å². The van der Waals surface area contributed by atoms with Crippen LogP contribution >= 0.6 is 0 Å². The molecule has 0 fully saturated rings. The number of hydrogen-bond donors (Lipinski definition) is 1. The first-order valence-electron chi connectivity index (χ1n) is 10.2. The van der Waals surface area contributed by atoms with Crippen molar-refractivity contribution in [3.05, 3.63) is 83.8 Å². The van der Waals surface area contributed by atoms with E-state index in [1.165, 1.54) is 6.26 Å². The van der Waals surface area contributed by atoms with Gasteiger partial charge in [0, 0.05) is 28.6 Å². The summed E-state index contributed by atoms with van der Waals surface area (Å²) in [4.78, 5) is 4.73. The molecule has 3 aromatic carbocycles. The third-order valence-electron chi connectivity index (χ3n) is 5.76. The Balaban J connectivity index is 1.53. The lowest BCUT2D eigenvalue weighted by atomic mass is 10.2. The number of ether oxygens (including phenoxy) is 1. The largest absolute Gasteiger partial charge is 0.462 e. The van der Waals surface area contributed by atoms with Gasteiger partial charge in [0.25, 0.3) is 0 Å². The maximum atomic E-state index is 12.9. The third kappa shape index (κ3) is 2.93. The number of rotatable bonds is 3. The summed E-state index contributed by atoms with van der Waals surface area (Å²) < 4.78 is 33.7. The van der Waals surface area contributed by atoms with E-state index >= 15 is 0 Å². The first kappa shape index (κ1) is 18.9. The maximum absolute atomic E-state index is 12.9. The van der Waals surface area contributed by atoms with Crippen LogP contribution in [0.4, 0.5) is 5.82 Å². The van der Waals surface area contributed by atoms with Crippen molar-refractivity contribution >= 4 is 54.6 Å². The number of nitrogens with one attached hydrogen (secondary N) is 1. The van der Waals surface area contributed by atoms with E-state index in [9.17, 15) is 8.42 Å². The molecule has 2 aromatic heterocycles. The van der Waals surface area contributed by atoms with E-state index in [1.807, 2.05) is 83.4 Å². The summed E-state index contributed by atoms with van der Waals surface area (Å²) in [5.41, 5.74) is 2.67. The van der Waals surface area contributed by atoms with Gasteiger partial charge in [-0.05, 0) is 24.3 Å². The molecule has 0 saturated heterocycles. The second kappa shape index (κ2) is 6.83. The van der Waals surface area contributed by atoms with Crippen LogP contribution in [0.2, 0.25) is 0 Å². The lowest BCUT2D eigenvalue weighted by Gasteiger charge is -2.15. The molecule has 6 nitrogen and oxygen atoms in total. The van der Waals surface area contributed by atoms with Crippen LogP contribution in [0.5, 0.6) is 5.75 Å². The number of nitrogens with zero attached hydrogens (tertiary/aromatic N) is 2. The zero-order valence-corrected chi connectivity index (χ0v) is 18.0. The van der Waals surface area contributed by atoms with Crippen molar-refractivity contribution < 1.29 is 13.2 Å². The summed E-state index contributed by atoms with van der Waals surface area (Å²) in [5, 5.41) is 6.20. The van der Waals surface area contributed by atoms with Crippen LogP contribution in [0.3, 0.4) is 0 Å². The standard InChI is InChI=1S/C25H19N3O3S/c1-32(29,30)23(25-27-24-22(31-25)14-16-8-2-5-11-19(16)26-24)15-28-20-12-6-3-9-17(20)18-10-4-7-13-21(18)28/h2-15,25H,1H3,(H,26,27). The Labute approximate surface area is 184 Å². The molecule has 1 aliphatic rings. The summed E-state index contributed by atoms with van der Waals surface area (Å²) in [6.07, 6.45) is 1.98. The van der Waals surface area contributed by atoms with Crippen molar-refractivity contribution in [1.82, 2.24) is 9.55 Å². The van der Waals surface area contributed by atoms with Gasteiger partial charge in [-0.1, -0.05) is 54.6 Å². The van der Waals surface area contributed by atoms with Crippen LogP contribution in [0.25, 0.3) is 38.9 Å². The molecule has 5 aromatic rings. The molecule has 3 heterocycles. The van der Waals surface area contributed by atoms with Crippen molar-refractivity contribution in [3.63, 3.8) is 0 Å². The van der Waals surface area contributed by atoms with Gasteiger partial charge in [-0.25, -0.2) is 13.4 Å². The van der Waals surface area contributed by atoms with Gasteiger partial charge in [0.2, 0.25) is 6.23 Å². The molecule has 7 heteroatoms. The van der Waals surface area contributed by atoms with Crippen molar-refractivity contribution in [2.75, 3.05) is 11.6 Å². The van der Waals surface area contributed by atoms with Gasteiger partial charge in [-0.3, -0.25) is 0 Å². The van der Waals surface area contributed by atoms with Gasteiger partial charge in [-0.2, -0.15) is 0 Å². The van der Waals surface area contributed by atoms with Crippen LogP contribution in [-0.2, 0) is 9.84 Å². The third-order valence-corrected chi connectivity index (χ3v) is 6.94. The Kier molecular flexibility index (Phi) is 4.03. The van der Waals surface area contributed by atoms with Crippen molar-refractivity contribution in [3.8, 4) is 5.75 Å². The highest BCUT2D eigenvalue weighted by Crippen LogP contribution is 2.37. The predicted molar refractivity (Wildman–Crippen MR) is 128 cm³/mol. The molecule has 0 saturated carbocycles. The number of benzene rings is 3. The summed E-state index contributed by atoms with van der Waals surface area (Å²) >= 11 is 0. The lowest BCUT2D eigenvalue weighted by Crippen LogP contribution is -2.27. The van der Waals surface area contributed by atoms with Gasteiger partial charge >= 0.3 is 0 Å². The Morgan fingerprint density at radius 3 is 2.28 bits per heavy atom. The first-order valence-corrected chi connectivity index (χ1v) is 12.1. The van der Waals surface area contributed by atoms with Crippen LogP contribution in [0.1, 0.15) is 0 Å². The lowest BCUT2D eigenvalue weighted by molar-refractivity contribution is 0.298. The minimum absolute atomic E-state index is 0.131. The molecule has 1 atom stereocenters. The molecule has 32 heavy (non-hydrogen) atoms. The highest BCUT2D eigenvalue weighted by molar-refractivity contribution is 7.94. The van der Waals surface area contributed by atoms with E-state index in [2.05, 4.69) is 10.3 Å². The number of anilines is 1. The molecule has 0 bridgehead atoms. The number of fused-ring (bicyclic) bond motifs is 5. The Hall–Kier alpha value is -3.84. The Bertz CT molecular complexity index is 1570. The van der Waals surface area contributed by atoms with E-state index in [1.54, 1.807) is 6.20 Å². The average Bonchev–Trinajstić information content (AvgIpc) is 3.33. The van der Waals surface area contributed by atoms with E-state index < -0.39 is 16.1 Å². The summed E-state index contributed by atoms with van der Waals surface area (Å²) in [6.45, 7) is 0. The van der Waals surface area contributed by atoms with Crippen LogP contribution in [0.15, 0.2) is 83.8 Å². The van der Waals surface area contributed by atoms with Crippen LogP contribution in [0, 0.1) is 0 Å². The fourth-order valence-corrected chi connectivity index (χ4v) is 5.07. The summed E-state index contributed by atoms with van der Waals surface area (Å²) in [5.74, 6) is 1.07. The molecule has 0 aliphatic carbocycles. The van der Waals surface area contributed by atoms with Gasteiger partial charge < -0.3 is 14.6 Å². The second-order valence-corrected chi connectivity index (χ2v) is 9.89. The molecule has 1 aliphatic heterocycles. The zero-order valence-electron chi connectivity index (χ0n) is 17.2. The first-order chi connectivity index (χ1) is 15.5. The number of pyridine rings is 1. The number of para-hydroxylation sites is 3. The van der Waals surface area contributed by atoms with Crippen molar-refractivity contribution in [1.29, 1.82) is 0 Å². The molecule has 6 rings (SSSR count). The second-order valence-electron chi connectivity index (χ2n) is 7.88. The Morgan fingerprint density at radius 1 is 0.969 bits per heavy atom. The van der Waals surface area contributed by atoms with Crippen LogP contribution < -0.4 is 10.1 Å². The smallest absolute Gasteiger partial charge is 0.210 e. The molecule has 1 N–H and O–H groups in total.